The van der Waals surface area contributed by atoms with Crippen molar-refractivity contribution in [3.8, 4) is 5.75 Å². The number of aliphatic hydroxyl groups is 1. The van der Waals surface area contributed by atoms with E-state index in [0.29, 0.717) is 31.5 Å². The van der Waals surface area contributed by atoms with Gasteiger partial charge in [0.2, 0.25) is 5.91 Å². The molecule has 1 aliphatic heterocycles. The highest BCUT2D eigenvalue weighted by molar-refractivity contribution is 6.00. The molecule has 1 spiro atoms. The predicted molar refractivity (Wildman–Crippen MR) is 95.7 cm³/mol. The van der Waals surface area contributed by atoms with Crippen LogP contribution in [-0.2, 0) is 4.79 Å². The maximum absolute atomic E-state index is 13.1. The molecule has 7 heteroatoms. The van der Waals surface area contributed by atoms with Gasteiger partial charge >= 0.3 is 6.18 Å². The van der Waals surface area contributed by atoms with Crippen LogP contribution in [0.25, 0.3) is 0 Å². The number of carbonyl (C=O) groups excluding carboxylic acids is 1. The summed E-state index contributed by atoms with van der Waals surface area (Å²) < 4.78 is 41.4. The van der Waals surface area contributed by atoms with Gasteiger partial charge in [0, 0.05) is 12.2 Å². The molecule has 2 aliphatic rings. The summed E-state index contributed by atoms with van der Waals surface area (Å²) in [6.45, 7) is 1.34. The first-order valence-electron chi connectivity index (χ1n) is 9.54. The van der Waals surface area contributed by atoms with Gasteiger partial charge in [-0.05, 0) is 62.3 Å². The summed E-state index contributed by atoms with van der Waals surface area (Å²) in [6.07, 6.45) is -0.00439. The molecule has 1 heterocycles. The highest BCUT2D eigenvalue weighted by Gasteiger charge is 2.51. The molecule has 1 N–H and O–H groups in total. The van der Waals surface area contributed by atoms with E-state index in [9.17, 15) is 23.1 Å². The molecule has 4 nitrogen and oxygen atoms in total. The second kappa shape index (κ2) is 7.70. The van der Waals surface area contributed by atoms with Crippen LogP contribution in [0.15, 0.2) is 24.3 Å². The smallest absolute Gasteiger partial charge is 0.422 e. The zero-order valence-corrected chi connectivity index (χ0v) is 15.5. The second-order valence-corrected chi connectivity index (χ2v) is 7.74. The molecule has 1 aromatic rings. The Hall–Kier alpha value is -1.76. The summed E-state index contributed by atoms with van der Waals surface area (Å²) >= 11 is 0. The number of hydrogen-bond acceptors (Lipinski definition) is 3. The highest BCUT2D eigenvalue weighted by Crippen LogP contribution is 2.49. The maximum atomic E-state index is 13.1. The van der Waals surface area contributed by atoms with Crippen molar-refractivity contribution in [1.82, 2.24) is 0 Å². The molecular formula is C20H26F3NO3. The van der Waals surface area contributed by atoms with E-state index >= 15 is 0 Å². The first-order valence-corrected chi connectivity index (χ1v) is 9.54. The fourth-order valence-electron chi connectivity index (χ4n) is 4.44. The molecule has 0 unspecified atom stereocenters. The number of benzene rings is 1. The van der Waals surface area contributed by atoms with E-state index in [1.165, 1.54) is 12.1 Å². The molecule has 2 fully saturated rings. The quantitative estimate of drug-likeness (QED) is 0.822. The van der Waals surface area contributed by atoms with E-state index in [1.54, 1.807) is 17.0 Å². The van der Waals surface area contributed by atoms with Gasteiger partial charge in [0.1, 0.15) is 5.75 Å². The number of carbonyl (C=O) groups is 1. The lowest BCUT2D eigenvalue weighted by Crippen LogP contribution is -2.42. The van der Waals surface area contributed by atoms with E-state index in [2.05, 4.69) is 6.92 Å². The summed E-state index contributed by atoms with van der Waals surface area (Å²) in [5.41, 5.74) is 0.263. The molecule has 3 rings (SSSR count). The minimum Gasteiger partial charge on any atom is -0.484 e. The van der Waals surface area contributed by atoms with E-state index < -0.39 is 18.2 Å². The lowest BCUT2D eigenvalue weighted by Gasteiger charge is -2.39. The van der Waals surface area contributed by atoms with Gasteiger partial charge in [-0.25, -0.2) is 0 Å². The third kappa shape index (κ3) is 4.39. The molecule has 3 atom stereocenters. The Morgan fingerprint density at radius 1 is 1.26 bits per heavy atom. The van der Waals surface area contributed by atoms with Crippen LogP contribution in [0.4, 0.5) is 18.9 Å². The van der Waals surface area contributed by atoms with Crippen molar-refractivity contribution in [3.05, 3.63) is 24.3 Å². The fourth-order valence-corrected chi connectivity index (χ4v) is 4.44. The molecule has 1 aromatic carbocycles. The number of ether oxygens (including phenoxy) is 1. The number of halogens is 3. The summed E-state index contributed by atoms with van der Waals surface area (Å²) in [5.74, 6) is 0.353. The average Bonchev–Trinajstić information content (AvgIpc) is 2.93. The van der Waals surface area contributed by atoms with Crippen LogP contribution in [0.2, 0.25) is 0 Å². The van der Waals surface area contributed by atoms with Crippen LogP contribution < -0.4 is 9.64 Å². The van der Waals surface area contributed by atoms with Crippen molar-refractivity contribution in [2.75, 3.05) is 18.1 Å². The fraction of sp³-hybridized carbons (Fsp3) is 0.650. The van der Waals surface area contributed by atoms with Gasteiger partial charge in [0.15, 0.2) is 6.61 Å². The third-order valence-electron chi connectivity index (χ3n) is 5.84. The van der Waals surface area contributed by atoms with Crippen LogP contribution in [0.5, 0.6) is 5.75 Å². The van der Waals surface area contributed by atoms with Crippen molar-refractivity contribution in [1.29, 1.82) is 0 Å². The molecular weight excluding hydrogens is 359 g/mol. The predicted octanol–water partition coefficient (Wildman–Crippen LogP) is 4.31. The Morgan fingerprint density at radius 2 is 1.96 bits per heavy atom. The van der Waals surface area contributed by atoms with Gasteiger partial charge in [-0.1, -0.05) is 13.3 Å². The molecule has 1 amide bonds. The van der Waals surface area contributed by atoms with Crippen LogP contribution in [-0.4, -0.2) is 36.4 Å². The van der Waals surface area contributed by atoms with Crippen LogP contribution in [0.1, 0.15) is 45.4 Å². The minimum absolute atomic E-state index is 0.0689. The molecule has 0 radical (unpaired) electrons. The molecule has 1 saturated heterocycles. The number of rotatable bonds is 5. The molecule has 0 bridgehead atoms. The average molecular weight is 385 g/mol. The number of alkyl halides is 3. The Kier molecular flexibility index (Phi) is 5.70. The van der Waals surface area contributed by atoms with Gasteiger partial charge in [-0.3, -0.25) is 4.79 Å². The first kappa shape index (κ1) is 20.0. The SMILES string of the molecule is CCC[C@H]1C[C@]2(CC[C@@H]1O)CCN(c1ccc(OCC(F)(F)F)cc1)C2=O. The summed E-state index contributed by atoms with van der Waals surface area (Å²) in [5, 5.41) is 10.2. The monoisotopic (exact) mass is 385 g/mol. The Bertz CT molecular complexity index is 661. The number of aliphatic hydroxyl groups excluding tert-OH is 1. The van der Waals surface area contributed by atoms with Gasteiger partial charge in [0.05, 0.1) is 11.5 Å². The first-order chi connectivity index (χ1) is 12.7. The number of amides is 1. The normalized spacial score (nSPS) is 28.8. The number of nitrogens with zero attached hydrogens (tertiary/aromatic N) is 1. The van der Waals surface area contributed by atoms with Crippen molar-refractivity contribution < 1.29 is 27.8 Å². The van der Waals surface area contributed by atoms with Crippen LogP contribution in [0.3, 0.4) is 0 Å². The van der Waals surface area contributed by atoms with Crippen LogP contribution in [0, 0.1) is 11.3 Å². The van der Waals surface area contributed by atoms with Crippen molar-refractivity contribution in [2.24, 2.45) is 11.3 Å². The molecule has 150 valence electrons. The van der Waals surface area contributed by atoms with Gasteiger partial charge in [0.25, 0.3) is 0 Å². The molecule has 1 saturated carbocycles. The zero-order chi connectivity index (χ0) is 19.7. The summed E-state index contributed by atoms with van der Waals surface area (Å²) in [6, 6.07) is 6.18. The Labute approximate surface area is 157 Å². The number of hydrogen-bond donors (Lipinski definition) is 1. The van der Waals surface area contributed by atoms with E-state index in [-0.39, 0.29) is 23.7 Å². The van der Waals surface area contributed by atoms with Gasteiger partial charge in [-0.2, -0.15) is 13.2 Å². The van der Waals surface area contributed by atoms with Crippen LogP contribution >= 0.6 is 0 Å². The molecule has 27 heavy (non-hydrogen) atoms. The summed E-state index contributed by atoms with van der Waals surface area (Å²) in [4.78, 5) is 14.9. The lowest BCUT2D eigenvalue weighted by molar-refractivity contribution is -0.153. The molecule has 1 aliphatic carbocycles. The number of anilines is 1. The second-order valence-electron chi connectivity index (χ2n) is 7.74. The van der Waals surface area contributed by atoms with E-state index in [0.717, 1.165) is 19.3 Å². The summed E-state index contributed by atoms with van der Waals surface area (Å²) in [7, 11) is 0. The van der Waals surface area contributed by atoms with Crippen molar-refractivity contribution in [2.45, 2.75) is 57.7 Å². The largest absolute Gasteiger partial charge is 0.484 e. The van der Waals surface area contributed by atoms with E-state index in [1.807, 2.05) is 0 Å². The van der Waals surface area contributed by atoms with Crippen molar-refractivity contribution in [3.63, 3.8) is 0 Å². The Morgan fingerprint density at radius 3 is 2.59 bits per heavy atom. The third-order valence-corrected chi connectivity index (χ3v) is 5.84. The Balaban J connectivity index is 1.68. The topological polar surface area (TPSA) is 49.8 Å². The maximum Gasteiger partial charge on any atom is 0.422 e. The molecule has 0 aromatic heterocycles. The standard InChI is InChI=1S/C20H26F3NO3/c1-2-3-14-12-19(9-8-17(14)25)10-11-24(18(19)26)15-4-6-16(7-5-15)27-13-20(21,22)23/h4-7,14,17,25H,2-3,8-13H2,1H3/t14-,17-,19-/m0/s1. The van der Waals surface area contributed by atoms with Crippen molar-refractivity contribution >= 4 is 11.6 Å². The highest BCUT2D eigenvalue weighted by atomic mass is 19.4. The minimum atomic E-state index is -4.38. The van der Waals surface area contributed by atoms with E-state index in [4.69, 9.17) is 4.74 Å². The van der Waals surface area contributed by atoms with Gasteiger partial charge < -0.3 is 14.7 Å². The zero-order valence-electron chi connectivity index (χ0n) is 15.5. The van der Waals surface area contributed by atoms with Gasteiger partial charge in [-0.15, -0.1) is 0 Å². The lowest BCUT2D eigenvalue weighted by atomic mass is 9.66.